The number of benzene rings is 1. The largest absolute Gasteiger partial charge is 0.459 e. The van der Waals surface area contributed by atoms with Crippen LogP contribution in [0.4, 0.5) is 0 Å². The molecule has 51 heavy (non-hydrogen) atoms. The van der Waals surface area contributed by atoms with Gasteiger partial charge >= 0.3 is 11.9 Å². The molecule has 3 saturated heterocycles. The van der Waals surface area contributed by atoms with E-state index in [0.29, 0.717) is 42.7 Å². The number of fused-ring (bicyclic) bond motifs is 2. The molecule has 6 rings (SSSR count). The van der Waals surface area contributed by atoms with Gasteiger partial charge in [-0.15, -0.1) is 0 Å². The van der Waals surface area contributed by atoms with Crippen LogP contribution in [-0.2, 0) is 38.1 Å². The van der Waals surface area contributed by atoms with E-state index in [9.17, 15) is 19.8 Å². The lowest BCUT2D eigenvalue weighted by Crippen LogP contribution is -2.56. The van der Waals surface area contributed by atoms with Crippen molar-refractivity contribution in [3.05, 3.63) is 83.0 Å². The Hall–Kier alpha value is -3.61. The van der Waals surface area contributed by atoms with E-state index >= 15 is 0 Å². The number of rotatable bonds is 4. The first-order valence-electron chi connectivity index (χ1n) is 18.1. The molecular weight excluding hydrogens is 654 g/mol. The summed E-state index contributed by atoms with van der Waals surface area (Å²) in [4.78, 5) is 32.8. The minimum atomic E-state index is -1.90. The summed E-state index contributed by atoms with van der Waals surface area (Å²) in [5, 5.41) is 27.3. The fourth-order valence-corrected chi connectivity index (χ4v) is 8.00. The average molecular weight is 706 g/mol. The summed E-state index contributed by atoms with van der Waals surface area (Å²) in [6, 6.07) is 8.98. The lowest BCUT2D eigenvalue weighted by Gasteiger charge is -2.49. The van der Waals surface area contributed by atoms with E-state index in [1.165, 1.54) is 7.11 Å². The Labute approximate surface area is 299 Å². The molecule has 0 aromatic heterocycles. The van der Waals surface area contributed by atoms with Crippen molar-refractivity contribution in [3.8, 4) is 0 Å². The molecule has 3 unspecified atom stereocenters. The minimum Gasteiger partial charge on any atom is -0.459 e. The lowest BCUT2D eigenvalue weighted by molar-refractivity contribution is -0.332. The summed E-state index contributed by atoms with van der Waals surface area (Å²) < 4.78 is 31.7. The summed E-state index contributed by atoms with van der Waals surface area (Å²) in [5.74, 6) is -2.68. The molecule has 276 valence electrons. The van der Waals surface area contributed by atoms with Crippen LogP contribution in [0.15, 0.2) is 82.6 Å². The van der Waals surface area contributed by atoms with Crippen molar-refractivity contribution in [1.29, 1.82) is 0 Å². The minimum absolute atomic E-state index is 0.00587. The Morgan fingerprint density at radius 3 is 2.55 bits per heavy atom. The molecule has 2 N–H and O–H groups in total. The van der Waals surface area contributed by atoms with Crippen molar-refractivity contribution in [3.63, 3.8) is 0 Å². The van der Waals surface area contributed by atoms with E-state index in [-0.39, 0.29) is 36.0 Å². The number of allylic oxidation sites excluding steroid dienone is 2. The van der Waals surface area contributed by atoms with Gasteiger partial charge in [0, 0.05) is 36.7 Å². The molecule has 1 spiro atoms. The first-order valence-corrected chi connectivity index (χ1v) is 18.1. The predicted octanol–water partition coefficient (Wildman–Crippen LogP) is 5.11. The zero-order valence-corrected chi connectivity index (χ0v) is 30.3. The van der Waals surface area contributed by atoms with Crippen molar-refractivity contribution < 1.29 is 48.3 Å². The lowest BCUT2D eigenvalue weighted by atomic mass is 9.72. The van der Waals surface area contributed by atoms with Gasteiger partial charge < -0.3 is 38.7 Å². The van der Waals surface area contributed by atoms with E-state index in [1.54, 1.807) is 49.4 Å². The maximum absolute atomic E-state index is 14.1. The van der Waals surface area contributed by atoms with Crippen molar-refractivity contribution in [2.75, 3.05) is 13.7 Å². The first-order chi connectivity index (χ1) is 24.3. The van der Waals surface area contributed by atoms with Gasteiger partial charge in [0.05, 0.1) is 30.5 Å². The number of aliphatic hydroxyl groups excluding tert-OH is 1. The van der Waals surface area contributed by atoms with Crippen LogP contribution in [0.2, 0.25) is 0 Å². The van der Waals surface area contributed by atoms with Crippen molar-refractivity contribution in [2.45, 2.75) is 115 Å². The van der Waals surface area contributed by atoms with Crippen LogP contribution in [-0.4, -0.2) is 89.6 Å². The molecule has 0 radical (unpaired) electrons. The number of esters is 2. The van der Waals surface area contributed by atoms with Gasteiger partial charge in [0.1, 0.15) is 31.0 Å². The van der Waals surface area contributed by atoms with E-state index in [1.807, 2.05) is 39.0 Å². The van der Waals surface area contributed by atoms with E-state index < -0.39 is 53.7 Å². The number of aliphatic hydroxyl groups is 2. The number of nitrogens with zero attached hydrogens (tertiary/aromatic N) is 1. The Balaban J connectivity index is 1.39. The smallest absolute Gasteiger partial charge is 0.361 e. The van der Waals surface area contributed by atoms with Gasteiger partial charge in [-0.05, 0) is 43.8 Å². The monoisotopic (exact) mass is 705 g/mol. The molecule has 11 nitrogen and oxygen atoms in total. The van der Waals surface area contributed by atoms with Crippen LogP contribution < -0.4 is 0 Å². The zero-order valence-electron chi connectivity index (χ0n) is 30.3. The zero-order chi connectivity index (χ0) is 36.5. The number of ether oxygens (including phenoxy) is 5. The van der Waals surface area contributed by atoms with Gasteiger partial charge in [-0.3, -0.25) is 0 Å². The van der Waals surface area contributed by atoms with Crippen molar-refractivity contribution in [1.82, 2.24) is 0 Å². The SMILES string of the molecule is CO/N=C(/C(=O)O[C@H]1/C(C)=C/C[C@@H]2C[C@@H](CC3(CC[C@H](C)[C@@H](C)O3)O2)OC(=O)C2=CC(C)[C@@H](O)C3OC/C(=C\C=C\[C@@H]1C)[C@@]23O)c1ccccc1. The second-order valence-corrected chi connectivity index (χ2v) is 14.8. The number of hydrogen-bond donors (Lipinski definition) is 2. The van der Waals surface area contributed by atoms with Crippen LogP contribution in [0.1, 0.15) is 72.3 Å². The summed E-state index contributed by atoms with van der Waals surface area (Å²) in [6.45, 7) is 9.82. The number of oxime groups is 1. The Bertz CT molecular complexity index is 1620. The third kappa shape index (κ3) is 7.50. The molecule has 1 aromatic rings. The van der Waals surface area contributed by atoms with Gasteiger partial charge in [0.25, 0.3) is 0 Å². The fraction of sp³-hybridized carbons (Fsp3) is 0.575. The van der Waals surface area contributed by atoms with Crippen LogP contribution in [0.5, 0.6) is 0 Å². The molecule has 4 heterocycles. The predicted molar refractivity (Wildman–Crippen MR) is 188 cm³/mol. The van der Waals surface area contributed by atoms with Gasteiger partial charge in [-0.25, -0.2) is 9.59 Å². The fourth-order valence-electron chi connectivity index (χ4n) is 8.00. The van der Waals surface area contributed by atoms with Gasteiger partial charge in [-0.1, -0.05) is 86.6 Å². The molecule has 2 bridgehead atoms. The van der Waals surface area contributed by atoms with Gasteiger partial charge in [-0.2, -0.15) is 0 Å². The molecule has 1 aliphatic carbocycles. The highest BCUT2D eigenvalue weighted by Crippen LogP contribution is 2.47. The third-order valence-corrected chi connectivity index (χ3v) is 11.1. The molecule has 11 heteroatoms. The van der Waals surface area contributed by atoms with E-state index in [2.05, 4.69) is 12.1 Å². The summed E-state index contributed by atoms with van der Waals surface area (Å²) in [7, 11) is 1.38. The Morgan fingerprint density at radius 2 is 1.82 bits per heavy atom. The van der Waals surface area contributed by atoms with E-state index in [0.717, 1.165) is 12.0 Å². The molecule has 5 aliphatic rings. The summed E-state index contributed by atoms with van der Waals surface area (Å²) in [5.41, 5.74) is -0.0371. The normalized spacial score (nSPS) is 41.6. The van der Waals surface area contributed by atoms with Crippen molar-refractivity contribution >= 4 is 17.7 Å². The second-order valence-electron chi connectivity index (χ2n) is 14.8. The van der Waals surface area contributed by atoms with E-state index in [4.69, 9.17) is 28.5 Å². The number of carbonyl (C=O) groups is 2. The van der Waals surface area contributed by atoms with Gasteiger partial charge in [0.15, 0.2) is 11.5 Å². The molecule has 11 atom stereocenters. The Kier molecular flexibility index (Phi) is 11.0. The molecule has 0 saturated carbocycles. The maximum Gasteiger partial charge on any atom is 0.361 e. The maximum atomic E-state index is 14.1. The molecular formula is C40H51NO10. The van der Waals surface area contributed by atoms with Crippen LogP contribution in [0, 0.1) is 17.8 Å². The summed E-state index contributed by atoms with van der Waals surface area (Å²) in [6.07, 6.45) is 7.89. The second kappa shape index (κ2) is 15.2. The standard InChI is InChI=1S/C40H51NO10/c1-23-17-18-39(50-27(23)5)21-31-20-30(51-39)16-15-25(3)35(49-38(44)33(41-46-6)28-12-8-7-9-13-28)24(2)11-10-14-29-22-47-36-34(42)26(4)19-32(37(43)48-31)40(29,36)45/h7-15,19,23-24,26-27,30-31,34-36,42,45H,16-18,20-22H2,1-6H3/b11-10+,25-15+,29-14+,41-33+/t23-,24-,26?,27+,30+,31-,34+,35+,36?,39?,40+/m0/s1. The average Bonchev–Trinajstić information content (AvgIpc) is 3.44. The Morgan fingerprint density at radius 1 is 1.06 bits per heavy atom. The number of carbonyl (C=O) groups excluding carboxylic acids is 2. The topological polar surface area (TPSA) is 142 Å². The highest BCUT2D eigenvalue weighted by Gasteiger charge is 2.58. The molecule has 1 aromatic carbocycles. The number of hydrogen-bond acceptors (Lipinski definition) is 11. The van der Waals surface area contributed by atoms with Crippen LogP contribution >= 0.6 is 0 Å². The quantitative estimate of drug-likeness (QED) is 0.188. The van der Waals surface area contributed by atoms with Crippen molar-refractivity contribution in [2.24, 2.45) is 22.9 Å². The molecule has 4 aliphatic heterocycles. The third-order valence-electron chi connectivity index (χ3n) is 11.1. The first kappa shape index (κ1) is 37.2. The molecule has 3 fully saturated rings. The highest BCUT2D eigenvalue weighted by atomic mass is 16.7. The summed E-state index contributed by atoms with van der Waals surface area (Å²) >= 11 is 0. The highest BCUT2D eigenvalue weighted by molar-refractivity contribution is 6.43. The van der Waals surface area contributed by atoms with Crippen LogP contribution in [0.3, 0.4) is 0 Å². The van der Waals surface area contributed by atoms with Gasteiger partial charge in [0.2, 0.25) is 0 Å². The molecule has 0 amide bonds. The van der Waals surface area contributed by atoms with Crippen LogP contribution in [0.25, 0.3) is 0 Å².